The van der Waals surface area contributed by atoms with E-state index < -0.39 is 16.9 Å². The molecule has 10 heteroatoms. The molecule has 2 heterocycles. The molecule has 32 heavy (non-hydrogen) atoms. The van der Waals surface area contributed by atoms with Gasteiger partial charge in [-0.3, -0.25) is 29.2 Å². The molecule has 1 saturated heterocycles. The minimum Gasteiger partial charge on any atom is -0.339 e. The van der Waals surface area contributed by atoms with Crippen LogP contribution in [0.1, 0.15) is 0 Å². The first kappa shape index (κ1) is 21.4. The summed E-state index contributed by atoms with van der Waals surface area (Å²) in [5.41, 5.74) is -0.470. The highest BCUT2D eigenvalue weighted by molar-refractivity contribution is 5.92. The monoisotopic (exact) mass is 439 g/mol. The van der Waals surface area contributed by atoms with E-state index in [2.05, 4.69) is 10.4 Å². The average molecular weight is 439 g/mol. The van der Waals surface area contributed by atoms with Gasteiger partial charge < -0.3 is 10.2 Å². The fourth-order valence-corrected chi connectivity index (χ4v) is 3.72. The third-order valence-electron chi connectivity index (χ3n) is 5.38. The molecule has 0 radical (unpaired) electrons. The highest BCUT2D eigenvalue weighted by Crippen LogP contribution is 2.10. The molecule has 1 fully saturated rings. The number of hydrogen-bond acceptors (Lipinski definition) is 5. The van der Waals surface area contributed by atoms with Crippen LogP contribution in [-0.2, 0) is 16.1 Å². The first-order valence-corrected chi connectivity index (χ1v) is 10.2. The van der Waals surface area contributed by atoms with Gasteiger partial charge in [0.1, 0.15) is 12.4 Å². The van der Waals surface area contributed by atoms with E-state index in [4.69, 9.17) is 0 Å². The lowest BCUT2D eigenvalue weighted by Crippen LogP contribution is -2.51. The molecule has 0 aliphatic carbocycles. The van der Waals surface area contributed by atoms with E-state index in [1.54, 1.807) is 35.2 Å². The minimum atomic E-state index is -0.429. The van der Waals surface area contributed by atoms with Crippen molar-refractivity contribution in [2.75, 3.05) is 38.0 Å². The summed E-state index contributed by atoms with van der Waals surface area (Å²) < 4.78 is 14.3. The van der Waals surface area contributed by atoms with E-state index in [9.17, 15) is 23.6 Å². The number of nitrogens with zero attached hydrogens (tertiary/aromatic N) is 3. The predicted molar refractivity (Wildman–Crippen MR) is 117 cm³/mol. The largest absolute Gasteiger partial charge is 0.339 e. The second-order valence-corrected chi connectivity index (χ2v) is 7.59. The Kier molecular flexibility index (Phi) is 6.13. The van der Waals surface area contributed by atoms with E-state index >= 15 is 0 Å². The standard InChI is InChI=1S/C22H22FN5O4/c23-15-4-3-5-16(12-15)24-19(29)13-26-8-10-27(11-9-26)20(30)14-28-22(32)18-7-2-1-6-17(18)21(31)25-28/h1-7,12H,8-11,13-14H2,(H,24,29)(H,25,31). The van der Waals surface area contributed by atoms with E-state index in [1.807, 2.05) is 4.90 Å². The van der Waals surface area contributed by atoms with Gasteiger partial charge in [-0.25, -0.2) is 9.07 Å². The molecule has 2 amide bonds. The molecule has 0 bridgehead atoms. The Bertz CT molecular complexity index is 1280. The molecule has 3 aromatic rings. The van der Waals surface area contributed by atoms with Crippen LogP contribution in [0.2, 0.25) is 0 Å². The molecular formula is C22H22FN5O4. The van der Waals surface area contributed by atoms with Gasteiger partial charge in [0.05, 0.1) is 17.3 Å². The van der Waals surface area contributed by atoms with Crippen LogP contribution < -0.4 is 16.4 Å². The number of fused-ring (bicyclic) bond motifs is 1. The van der Waals surface area contributed by atoms with Crippen molar-refractivity contribution in [2.45, 2.75) is 6.54 Å². The second-order valence-electron chi connectivity index (χ2n) is 7.59. The van der Waals surface area contributed by atoms with Crippen LogP contribution in [0.25, 0.3) is 10.8 Å². The molecule has 9 nitrogen and oxygen atoms in total. The topological polar surface area (TPSA) is 108 Å². The summed E-state index contributed by atoms with van der Waals surface area (Å²) in [7, 11) is 0. The number of carbonyl (C=O) groups excluding carboxylic acids is 2. The number of aromatic nitrogens is 2. The summed E-state index contributed by atoms with van der Waals surface area (Å²) in [4.78, 5) is 53.2. The molecular weight excluding hydrogens is 417 g/mol. The number of piperazine rings is 1. The summed E-state index contributed by atoms with van der Waals surface area (Å²) >= 11 is 0. The highest BCUT2D eigenvalue weighted by Gasteiger charge is 2.23. The molecule has 0 saturated carbocycles. The van der Waals surface area contributed by atoms with Gasteiger partial charge in [-0.1, -0.05) is 18.2 Å². The number of benzene rings is 2. The zero-order valence-corrected chi connectivity index (χ0v) is 17.2. The maximum absolute atomic E-state index is 13.2. The second kappa shape index (κ2) is 9.15. The molecule has 4 rings (SSSR count). The van der Waals surface area contributed by atoms with Gasteiger partial charge in [-0.2, -0.15) is 0 Å². The van der Waals surface area contributed by atoms with Gasteiger partial charge in [0.25, 0.3) is 11.1 Å². The number of halogens is 1. The van der Waals surface area contributed by atoms with E-state index in [1.165, 1.54) is 18.2 Å². The SMILES string of the molecule is O=C(CN1CCN(C(=O)Cn2[nH]c(=O)c3ccccc3c2=O)CC1)Nc1cccc(F)c1. The van der Waals surface area contributed by atoms with Gasteiger partial charge in [0.2, 0.25) is 11.8 Å². The van der Waals surface area contributed by atoms with Crippen LogP contribution in [0.5, 0.6) is 0 Å². The lowest BCUT2D eigenvalue weighted by Gasteiger charge is -2.34. The van der Waals surface area contributed by atoms with Crippen molar-refractivity contribution in [3.05, 3.63) is 75.1 Å². The number of nitrogens with one attached hydrogen (secondary N) is 2. The van der Waals surface area contributed by atoms with Gasteiger partial charge in [-0.15, -0.1) is 0 Å². The van der Waals surface area contributed by atoms with E-state index in [0.717, 1.165) is 4.68 Å². The van der Waals surface area contributed by atoms with Gasteiger partial charge in [-0.05, 0) is 30.3 Å². The summed E-state index contributed by atoms with van der Waals surface area (Å²) in [5.74, 6) is -0.987. The summed E-state index contributed by atoms with van der Waals surface area (Å²) in [6.45, 7) is 1.59. The van der Waals surface area contributed by atoms with Crippen molar-refractivity contribution < 1.29 is 14.0 Å². The lowest BCUT2D eigenvalue weighted by atomic mass is 10.2. The molecule has 2 N–H and O–H groups in total. The van der Waals surface area contributed by atoms with Crippen LogP contribution >= 0.6 is 0 Å². The lowest BCUT2D eigenvalue weighted by molar-refractivity contribution is -0.134. The van der Waals surface area contributed by atoms with Crippen molar-refractivity contribution in [1.29, 1.82) is 0 Å². The van der Waals surface area contributed by atoms with Crippen LogP contribution in [0.4, 0.5) is 10.1 Å². The first-order valence-electron chi connectivity index (χ1n) is 10.2. The van der Waals surface area contributed by atoms with E-state index in [-0.39, 0.29) is 35.7 Å². The summed E-state index contributed by atoms with van der Waals surface area (Å²) in [6, 6.07) is 12.1. The Morgan fingerprint density at radius 2 is 1.66 bits per heavy atom. The number of hydrogen-bond donors (Lipinski definition) is 2. The summed E-state index contributed by atoms with van der Waals surface area (Å²) in [6.07, 6.45) is 0. The smallest absolute Gasteiger partial charge is 0.273 e. The average Bonchev–Trinajstić information content (AvgIpc) is 2.77. The van der Waals surface area contributed by atoms with E-state index in [0.29, 0.717) is 31.9 Å². The van der Waals surface area contributed by atoms with Crippen molar-refractivity contribution in [3.8, 4) is 0 Å². The zero-order valence-electron chi connectivity index (χ0n) is 17.2. The Hall–Kier alpha value is -3.79. The Morgan fingerprint density at radius 1 is 0.938 bits per heavy atom. The number of anilines is 1. The minimum absolute atomic E-state index is 0.121. The van der Waals surface area contributed by atoms with Crippen LogP contribution in [-0.4, -0.2) is 64.1 Å². The van der Waals surface area contributed by atoms with Crippen LogP contribution in [0, 0.1) is 5.82 Å². The number of amides is 2. The zero-order chi connectivity index (χ0) is 22.7. The highest BCUT2D eigenvalue weighted by atomic mass is 19.1. The van der Waals surface area contributed by atoms with Gasteiger partial charge in [0.15, 0.2) is 0 Å². The van der Waals surface area contributed by atoms with Crippen LogP contribution in [0.15, 0.2) is 58.1 Å². The maximum atomic E-state index is 13.2. The number of aromatic amines is 1. The molecule has 2 aromatic carbocycles. The fourth-order valence-electron chi connectivity index (χ4n) is 3.72. The van der Waals surface area contributed by atoms with Crippen molar-refractivity contribution >= 4 is 28.3 Å². The summed E-state index contributed by atoms with van der Waals surface area (Å²) in [5, 5.41) is 5.66. The molecule has 0 unspecified atom stereocenters. The number of H-pyrrole nitrogens is 1. The molecule has 1 aliphatic rings. The quantitative estimate of drug-likeness (QED) is 0.606. The molecule has 1 aliphatic heterocycles. The Balaban J connectivity index is 1.32. The molecule has 0 spiro atoms. The molecule has 166 valence electrons. The Labute approximate surface area is 182 Å². The van der Waals surface area contributed by atoms with Crippen molar-refractivity contribution in [2.24, 2.45) is 0 Å². The normalized spacial score (nSPS) is 14.5. The molecule has 0 atom stereocenters. The number of rotatable bonds is 5. The van der Waals surface area contributed by atoms with Crippen molar-refractivity contribution in [1.82, 2.24) is 19.6 Å². The van der Waals surface area contributed by atoms with Gasteiger partial charge >= 0.3 is 0 Å². The fraction of sp³-hybridized carbons (Fsp3) is 0.273. The maximum Gasteiger partial charge on any atom is 0.273 e. The first-order chi connectivity index (χ1) is 15.4. The van der Waals surface area contributed by atoms with Gasteiger partial charge in [0, 0.05) is 31.9 Å². The third-order valence-corrected chi connectivity index (χ3v) is 5.38. The Morgan fingerprint density at radius 3 is 2.38 bits per heavy atom. The third kappa shape index (κ3) is 4.75. The molecule has 1 aromatic heterocycles. The number of carbonyl (C=O) groups is 2. The van der Waals surface area contributed by atoms with Crippen molar-refractivity contribution in [3.63, 3.8) is 0 Å². The predicted octanol–water partition coefficient (Wildman–Crippen LogP) is 0.612. The van der Waals surface area contributed by atoms with Crippen LogP contribution in [0.3, 0.4) is 0 Å².